The number of hydrogen-bond acceptors (Lipinski definition) is 3. The molecule has 1 heterocycles. The Labute approximate surface area is 69.2 Å². The van der Waals surface area contributed by atoms with Gasteiger partial charge in [-0.05, 0) is 13.0 Å². The molecule has 4 heteroatoms. The Balaban J connectivity index is 3.14. The molecule has 0 radical (unpaired) electrons. The summed E-state index contributed by atoms with van der Waals surface area (Å²) in [6.07, 6.45) is 2.82. The molecule has 4 nitrogen and oxygen atoms in total. The molecule has 0 bridgehead atoms. The van der Waals surface area contributed by atoms with Crippen molar-refractivity contribution in [2.75, 3.05) is 0 Å². The van der Waals surface area contributed by atoms with Gasteiger partial charge in [0.1, 0.15) is 11.6 Å². The van der Waals surface area contributed by atoms with Gasteiger partial charge in [0, 0.05) is 5.57 Å². The van der Waals surface area contributed by atoms with Crippen LogP contribution in [0.2, 0.25) is 0 Å². The van der Waals surface area contributed by atoms with Crippen LogP contribution < -0.4 is 5.32 Å². The van der Waals surface area contributed by atoms with Crippen molar-refractivity contribution in [2.24, 2.45) is 0 Å². The van der Waals surface area contributed by atoms with Crippen molar-refractivity contribution in [3.63, 3.8) is 0 Å². The first kappa shape index (κ1) is 8.21. The standard InChI is InChI=1S/C8H6N2O2/c1-2-5-3-6(4-9)8(12)10-7(5)11/h2-3H,1H3,(H,10,11,12)/b5-2-. The fourth-order valence-electron chi connectivity index (χ4n) is 0.827. The predicted octanol–water partition coefficient (Wildman–Crippen LogP) is 0.0391. The summed E-state index contributed by atoms with van der Waals surface area (Å²) in [5, 5.41) is 10.5. The van der Waals surface area contributed by atoms with Crippen LogP contribution in [-0.2, 0) is 9.59 Å². The summed E-state index contributed by atoms with van der Waals surface area (Å²) in [5.74, 6) is -1.09. The normalized spacial score (nSPS) is 20.0. The first-order chi connectivity index (χ1) is 5.69. The predicted molar refractivity (Wildman–Crippen MR) is 40.6 cm³/mol. The van der Waals surface area contributed by atoms with E-state index in [2.05, 4.69) is 0 Å². The van der Waals surface area contributed by atoms with E-state index in [0.717, 1.165) is 0 Å². The van der Waals surface area contributed by atoms with Gasteiger partial charge in [-0.1, -0.05) is 6.08 Å². The number of rotatable bonds is 0. The van der Waals surface area contributed by atoms with Crippen molar-refractivity contribution in [1.29, 1.82) is 5.26 Å². The average Bonchev–Trinajstić information content (AvgIpc) is 2.05. The van der Waals surface area contributed by atoms with Gasteiger partial charge in [0.25, 0.3) is 11.8 Å². The summed E-state index contributed by atoms with van der Waals surface area (Å²) in [6, 6.07) is 1.69. The van der Waals surface area contributed by atoms with Crippen LogP contribution in [0.25, 0.3) is 0 Å². The van der Waals surface area contributed by atoms with Gasteiger partial charge in [0.05, 0.1) is 0 Å². The Hall–Kier alpha value is -1.89. The number of carbonyl (C=O) groups is 2. The highest BCUT2D eigenvalue weighted by atomic mass is 16.2. The van der Waals surface area contributed by atoms with Crippen LogP contribution in [0.5, 0.6) is 0 Å². The maximum Gasteiger partial charge on any atom is 0.268 e. The largest absolute Gasteiger partial charge is 0.288 e. The highest BCUT2D eigenvalue weighted by Gasteiger charge is 2.21. The maximum absolute atomic E-state index is 10.9. The molecular weight excluding hydrogens is 156 g/mol. The summed E-state index contributed by atoms with van der Waals surface area (Å²) in [5.41, 5.74) is 0.300. The third-order valence-electron chi connectivity index (χ3n) is 1.47. The van der Waals surface area contributed by atoms with Crippen molar-refractivity contribution in [1.82, 2.24) is 5.32 Å². The highest BCUT2D eigenvalue weighted by Crippen LogP contribution is 2.08. The lowest BCUT2D eigenvalue weighted by Gasteiger charge is -2.09. The molecule has 0 atom stereocenters. The molecule has 0 aliphatic carbocycles. The van der Waals surface area contributed by atoms with Crippen LogP contribution in [0.3, 0.4) is 0 Å². The number of carbonyl (C=O) groups excluding carboxylic acids is 2. The number of hydrogen-bond donors (Lipinski definition) is 1. The second kappa shape index (κ2) is 3.01. The van der Waals surface area contributed by atoms with Crippen molar-refractivity contribution in [3.8, 4) is 6.07 Å². The van der Waals surface area contributed by atoms with Crippen molar-refractivity contribution >= 4 is 11.8 Å². The van der Waals surface area contributed by atoms with Gasteiger partial charge in [-0.2, -0.15) is 5.26 Å². The minimum Gasteiger partial charge on any atom is -0.288 e. The lowest BCUT2D eigenvalue weighted by Crippen LogP contribution is -2.35. The van der Waals surface area contributed by atoms with Gasteiger partial charge in [-0.3, -0.25) is 14.9 Å². The number of nitrogens with one attached hydrogen (secondary N) is 1. The van der Waals surface area contributed by atoms with Gasteiger partial charge in [0.2, 0.25) is 0 Å². The maximum atomic E-state index is 10.9. The fraction of sp³-hybridized carbons (Fsp3) is 0.125. The monoisotopic (exact) mass is 162 g/mol. The molecular formula is C8H6N2O2. The summed E-state index contributed by atoms with van der Waals surface area (Å²) in [4.78, 5) is 21.8. The second-order valence-corrected chi connectivity index (χ2v) is 2.20. The molecule has 0 aromatic heterocycles. The lowest BCUT2D eigenvalue weighted by atomic mass is 10.1. The second-order valence-electron chi connectivity index (χ2n) is 2.20. The van der Waals surface area contributed by atoms with Gasteiger partial charge >= 0.3 is 0 Å². The lowest BCUT2D eigenvalue weighted by molar-refractivity contribution is -0.126. The highest BCUT2D eigenvalue weighted by molar-refractivity contribution is 6.16. The van der Waals surface area contributed by atoms with Crippen LogP contribution in [0.15, 0.2) is 23.3 Å². The van der Waals surface area contributed by atoms with Crippen LogP contribution in [0.4, 0.5) is 0 Å². The molecule has 0 spiro atoms. The van der Waals surface area contributed by atoms with E-state index in [1.807, 2.05) is 5.32 Å². The van der Waals surface area contributed by atoms with Gasteiger partial charge in [0.15, 0.2) is 0 Å². The summed E-state index contributed by atoms with van der Waals surface area (Å²) in [7, 11) is 0. The minimum absolute atomic E-state index is 0.0392. The molecule has 0 aromatic carbocycles. The third kappa shape index (κ3) is 1.25. The number of amides is 2. The van der Waals surface area contributed by atoms with E-state index in [9.17, 15) is 9.59 Å². The van der Waals surface area contributed by atoms with Crippen LogP contribution in [0, 0.1) is 11.3 Å². The molecule has 1 N–H and O–H groups in total. The third-order valence-corrected chi connectivity index (χ3v) is 1.47. The van der Waals surface area contributed by atoms with Crippen molar-refractivity contribution in [3.05, 3.63) is 23.3 Å². The Kier molecular flexibility index (Phi) is 2.06. The molecule has 0 fully saturated rings. The summed E-state index contributed by atoms with van der Waals surface area (Å²) in [6.45, 7) is 1.66. The Morgan fingerprint density at radius 3 is 2.67 bits per heavy atom. The fourth-order valence-corrected chi connectivity index (χ4v) is 0.827. The molecule has 1 aliphatic rings. The minimum atomic E-state index is -0.631. The topological polar surface area (TPSA) is 70.0 Å². The number of nitriles is 1. The van der Waals surface area contributed by atoms with Crippen LogP contribution in [0.1, 0.15) is 6.92 Å². The molecule has 0 unspecified atom stereocenters. The Bertz CT molecular complexity index is 345. The van der Waals surface area contributed by atoms with Gasteiger partial charge < -0.3 is 0 Å². The van der Waals surface area contributed by atoms with E-state index in [4.69, 9.17) is 5.26 Å². The SMILES string of the molecule is C/C=C1/C=C(C#N)C(=O)NC1=O. The van der Waals surface area contributed by atoms with E-state index in [-0.39, 0.29) is 5.57 Å². The molecule has 2 amide bonds. The number of allylic oxidation sites excluding steroid dienone is 1. The summed E-state index contributed by atoms with van der Waals surface area (Å²) < 4.78 is 0. The van der Waals surface area contributed by atoms with E-state index >= 15 is 0 Å². The van der Waals surface area contributed by atoms with Gasteiger partial charge in [-0.25, -0.2) is 0 Å². The molecule has 1 rings (SSSR count). The Morgan fingerprint density at radius 1 is 1.50 bits per heavy atom. The molecule has 60 valence electrons. The number of nitrogens with zero attached hydrogens (tertiary/aromatic N) is 1. The van der Waals surface area contributed by atoms with E-state index in [0.29, 0.717) is 5.57 Å². The molecule has 0 saturated heterocycles. The van der Waals surface area contributed by atoms with E-state index in [1.165, 1.54) is 6.08 Å². The molecule has 1 aliphatic heterocycles. The average molecular weight is 162 g/mol. The van der Waals surface area contributed by atoms with Crippen molar-refractivity contribution in [2.45, 2.75) is 6.92 Å². The smallest absolute Gasteiger partial charge is 0.268 e. The van der Waals surface area contributed by atoms with E-state index in [1.54, 1.807) is 19.1 Å². The van der Waals surface area contributed by atoms with Crippen molar-refractivity contribution < 1.29 is 9.59 Å². The Morgan fingerprint density at radius 2 is 2.17 bits per heavy atom. The zero-order chi connectivity index (χ0) is 9.14. The van der Waals surface area contributed by atoms with Crippen LogP contribution in [-0.4, -0.2) is 11.8 Å². The zero-order valence-electron chi connectivity index (χ0n) is 6.42. The van der Waals surface area contributed by atoms with Crippen LogP contribution >= 0.6 is 0 Å². The molecule has 12 heavy (non-hydrogen) atoms. The molecule has 0 aromatic rings. The zero-order valence-corrected chi connectivity index (χ0v) is 6.42. The molecule has 0 saturated carbocycles. The van der Waals surface area contributed by atoms with Gasteiger partial charge in [-0.15, -0.1) is 0 Å². The first-order valence-corrected chi connectivity index (χ1v) is 3.33. The van der Waals surface area contributed by atoms with E-state index < -0.39 is 11.8 Å². The first-order valence-electron chi connectivity index (χ1n) is 3.33. The number of imide groups is 1. The quantitative estimate of drug-likeness (QED) is 0.404. The summed E-state index contributed by atoms with van der Waals surface area (Å²) >= 11 is 0.